The normalized spacial score (nSPS) is 9.94. The van der Waals surface area contributed by atoms with E-state index in [1.54, 1.807) is 6.07 Å². The molecule has 0 aromatic heterocycles. The summed E-state index contributed by atoms with van der Waals surface area (Å²) in [6, 6.07) is 9.13. The monoisotopic (exact) mass is 213 g/mol. The van der Waals surface area contributed by atoms with Crippen LogP contribution in [0.5, 0.6) is 5.75 Å². The van der Waals surface area contributed by atoms with Crippen LogP contribution in [-0.4, -0.2) is 16.2 Å². The molecule has 0 heterocycles. The maximum atomic E-state index is 11.0. The van der Waals surface area contributed by atoms with Crippen LogP contribution in [0.2, 0.25) is 0 Å². The number of hydrogen-bond acceptors (Lipinski definition) is 3. The molecule has 0 unspecified atom stereocenters. The number of phenols is 1. The number of nitriles is 1. The van der Waals surface area contributed by atoms with Crippen molar-refractivity contribution in [2.75, 3.05) is 0 Å². The van der Waals surface area contributed by atoms with Crippen molar-refractivity contribution in [3.63, 3.8) is 0 Å². The van der Waals surface area contributed by atoms with Crippen molar-refractivity contribution in [3.05, 3.63) is 41.5 Å². The van der Waals surface area contributed by atoms with Crippen molar-refractivity contribution in [1.82, 2.24) is 0 Å². The van der Waals surface area contributed by atoms with Crippen LogP contribution in [0.3, 0.4) is 0 Å². The molecule has 4 nitrogen and oxygen atoms in total. The molecule has 2 aromatic carbocycles. The number of fused-ring (bicyclic) bond motifs is 1. The summed E-state index contributed by atoms with van der Waals surface area (Å²) in [4.78, 5) is 11.0. The molecule has 2 N–H and O–H groups in total. The van der Waals surface area contributed by atoms with E-state index in [9.17, 15) is 9.90 Å². The predicted molar refractivity (Wildman–Crippen MR) is 57.3 cm³/mol. The third kappa shape index (κ3) is 1.55. The molecular weight excluding hydrogens is 206 g/mol. The van der Waals surface area contributed by atoms with Crippen molar-refractivity contribution < 1.29 is 15.0 Å². The van der Waals surface area contributed by atoms with E-state index in [2.05, 4.69) is 0 Å². The van der Waals surface area contributed by atoms with Gasteiger partial charge in [-0.25, -0.2) is 4.79 Å². The van der Waals surface area contributed by atoms with Gasteiger partial charge in [0.2, 0.25) is 0 Å². The van der Waals surface area contributed by atoms with Crippen LogP contribution in [0.15, 0.2) is 30.3 Å². The van der Waals surface area contributed by atoms with Gasteiger partial charge < -0.3 is 10.2 Å². The minimum Gasteiger partial charge on any atom is -0.508 e. The summed E-state index contributed by atoms with van der Waals surface area (Å²) in [6.45, 7) is 0. The van der Waals surface area contributed by atoms with Gasteiger partial charge in [0.25, 0.3) is 0 Å². The van der Waals surface area contributed by atoms with Gasteiger partial charge in [0.15, 0.2) is 0 Å². The summed E-state index contributed by atoms with van der Waals surface area (Å²) in [5, 5.41) is 28.1. The van der Waals surface area contributed by atoms with E-state index in [-0.39, 0.29) is 16.9 Å². The largest absolute Gasteiger partial charge is 0.508 e. The van der Waals surface area contributed by atoms with E-state index in [1.165, 1.54) is 24.3 Å². The van der Waals surface area contributed by atoms with Crippen molar-refractivity contribution >= 4 is 16.7 Å². The van der Waals surface area contributed by atoms with Crippen LogP contribution in [0.25, 0.3) is 10.8 Å². The van der Waals surface area contributed by atoms with Gasteiger partial charge in [0.05, 0.1) is 17.2 Å². The average Bonchev–Trinajstić information content (AvgIpc) is 2.26. The van der Waals surface area contributed by atoms with E-state index < -0.39 is 5.97 Å². The zero-order valence-electron chi connectivity index (χ0n) is 8.14. The van der Waals surface area contributed by atoms with Gasteiger partial charge in [-0.3, -0.25) is 0 Å². The topological polar surface area (TPSA) is 81.3 Å². The van der Waals surface area contributed by atoms with Gasteiger partial charge in [-0.1, -0.05) is 0 Å². The summed E-state index contributed by atoms with van der Waals surface area (Å²) in [5.74, 6) is -1.05. The molecule has 0 saturated carbocycles. The number of nitrogens with zero attached hydrogens (tertiary/aromatic N) is 1. The van der Waals surface area contributed by atoms with Gasteiger partial charge in [0, 0.05) is 0 Å². The van der Waals surface area contributed by atoms with E-state index in [1.807, 2.05) is 6.07 Å². The fourth-order valence-corrected chi connectivity index (χ4v) is 1.60. The average molecular weight is 213 g/mol. The fourth-order valence-electron chi connectivity index (χ4n) is 1.60. The maximum Gasteiger partial charge on any atom is 0.336 e. The Morgan fingerprint density at radius 1 is 1.25 bits per heavy atom. The van der Waals surface area contributed by atoms with Crippen LogP contribution >= 0.6 is 0 Å². The quantitative estimate of drug-likeness (QED) is 0.760. The van der Waals surface area contributed by atoms with E-state index in [0.717, 1.165) is 0 Å². The van der Waals surface area contributed by atoms with Crippen LogP contribution in [0.1, 0.15) is 15.9 Å². The summed E-state index contributed by atoms with van der Waals surface area (Å²) in [6.07, 6.45) is 0. The molecule has 2 rings (SSSR count). The zero-order valence-corrected chi connectivity index (χ0v) is 8.14. The second-order valence-corrected chi connectivity index (χ2v) is 3.35. The fraction of sp³-hybridized carbons (Fsp3) is 0. The molecule has 0 aliphatic rings. The first kappa shape index (κ1) is 9.99. The second-order valence-electron chi connectivity index (χ2n) is 3.35. The summed E-state index contributed by atoms with van der Waals surface area (Å²) in [5.41, 5.74) is 0.324. The SMILES string of the molecule is N#Cc1cc(C(=O)O)c2ccc(O)cc2c1. The lowest BCUT2D eigenvalue weighted by atomic mass is 10.0. The van der Waals surface area contributed by atoms with E-state index >= 15 is 0 Å². The number of aromatic carboxylic acids is 1. The molecule has 16 heavy (non-hydrogen) atoms. The molecule has 0 fully saturated rings. The number of carboxylic acid groups (broad SMARTS) is 1. The third-order valence-corrected chi connectivity index (χ3v) is 2.30. The Balaban J connectivity index is 2.88. The number of hydrogen-bond donors (Lipinski definition) is 2. The predicted octanol–water partition coefficient (Wildman–Crippen LogP) is 2.12. The third-order valence-electron chi connectivity index (χ3n) is 2.30. The molecule has 0 aliphatic heterocycles. The summed E-state index contributed by atoms with van der Waals surface area (Å²) in [7, 11) is 0. The van der Waals surface area contributed by atoms with Crippen molar-refractivity contribution in [3.8, 4) is 11.8 Å². The first-order valence-corrected chi connectivity index (χ1v) is 4.52. The molecule has 0 radical (unpaired) electrons. The number of benzene rings is 2. The Bertz CT molecular complexity index is 626. The summed E-state index contributed by atoms with van der Waals surface area (Å²) < 4.78 is 0. The Morgan fingerprint density at radius 3 is 2.62 bits per heavy atom. The molecule has 0 bridgehead atoms. The van der Waals surface area contributed by atoms with Crippen LogP contribution in [0, 0.1) is 11.3 Å². The number of carboxylic acids is 1. The number of phenolic OH excluding ortho intramolecular Hbond substituents is 1. The Kier molecular flexibility index (Phi) is 2.22. The molecule has 0 aliphatic carbocycles. The Hall–Kier alpha value is -2.54. The second kappa shape index (κ2) is 3.55. The lowest BCUT2D eigenvalue weighted by Gasteiger charge is -2.03. The van der Waals surface area contributed by atoms with Crippen molar-refractivity contribution in [1.29, 1.82) is 5.26 Å². The van der Waals surface area contributed by atoms with Gasteiger partial charge in [-0.15, -0.1) is 0 Å². The van der Waals surface area contributed by atoms with E-state index in [4.69, 9.17) is 10.4 Å². The minimum atomic E-state index is -1.09. The Labute approximate surface area is 91.0 Å². The molecule has 4 heteroatoms. The molecule has 0 spiro atoms. The van der Waals surface area contributed by atoms with Gasteiger partial charge >= 0.3 is 5.97 Å². The molecule has 0 amide bonds. The highest BCUT2D eigenvalue weighted by Crippen LogP contribution is 2.24. The van der Waals surface area contributed by atoms with Crippen molar-refractivity contribution in [2.45, 2.75) is 0 Å². The maximum absolute atomic E-state index is 11.0. The van der Waals surface area contributed by atoms with Gasteiger partial charge in [-0.05, 0) is 41.1 Å². The van der Waals surface area contributed by atoms with Crippen LogP contribution in [0.4, 0.5) is 0 Å². The lowest BCUT2D eigenvalue weighted by molar-refractivity contribution is 0.0699. The molecular formula is C12H7NO3. The highest BCUT2D eigenvalue weighted by atomic mass is 16.4. The highest BCUT2D eigenvalue weighted by molar-refractivity contribution is 6.04. The smallest absolute Gasteiger partial charge is 0.336 e. The first-order chi connectivity index (χ1) is 7.61. The van der Waals surface area contributed by atoms with Crippen LogP contribution in [-0.2, 0) is 0 Å². The molecule has 0 saturated heterocycles. The number of carbonyl (C=O) groups is 1. The van der Waals surface area contributed by atoms with E-state index in [0.29, 0.717) is 10.8 Å². The summed E-state index contributed by atoms with van der Waals surface area (Å²) >= 11 is 0. The number of aromatic hydroxyl groups is 1. The van der Waals surface area contributed by atoms with Gasteiger partial charge in [-0.2, -0.15) is 5.26 Å². The molecule has 2 aromatic rings. The number of rotatable bonds is 1. The lowest BCUT2D eigenvalue weighted by Crippen LogP contribution is -1.98. The molecule has 0 atom stereocenters. The van der Waals surface area contributed by atoms with Crippen molar-refractivity contribution in [2.24, 2.45) is 0 Å². The standard InChI is InChI=1S/C12H7NO3/c13-6-7-3-8-5-9(14)1-2-10(8)11(4-7)12(15)16/h1-5,14H,(H,15,16). The minimum absolute atomic E-state index is 0.0407. The highest BCUT2D eigenvalue weighted by Gasteiger charge is 2.10. The zero-order chi connectivity index (χ0) is 11.7. The van der Waals surface area contributed by atoms with Crippen LogP contribution < -0.4 is 0 Å². The molecule has 78 valence electrons. The first-order valence-electron chi connectivity index (χ1n) is 4.52. The Morgan fingerprint density at radius 2 is 2.00 bits per heavy atom. The van der Waals surface area contributed by atoms with Gasteiger partial charge in [0.1, 0.15) is 5.75 Å².